The van der Waals surface area contributed by atoms with Gasteiger partial charge in [0.05, 0.1) is 13.2 Å². The second kappa shape index (κ2) is 8.22. The minimum absolute atomic E-state index is 0. The number of hydrogen-bond acceptors (Lipinski definition) is 5. The van der Waals surface area contributed by atoms with Crippen LogP contribution >= 0.6 is 0 Å². The van der Waals surface area contributed by atoms with Gasteiger partial charge in [-0.1, -0.05) is 0 Å². The first-order valence-electron chi connectivity index (χ1n) is 3.22. The zero-order chi connectivity index (χ0) is 8.85. The number of aliphatic hydroxyl groups excluding tert-OH is 3. The van der Waals surface area contributed by atoms with Gasteiger partial charge in [0.2, 0.25) is 0 Å². The second-order valence-corrected chi connectivity index (χ2v) is 2.10. The second-order valence-electron chi connectivity index (χ2n) is 2.10. The molecule has 0 amide bonds. The minimum atomic E-state index is -1.23. The summed E-state index contributed by atoms with van der Waals surface area (Å²) in [4.78, 5) is 10.6. The summed E-state index contributed by atoms with van der Waals surface area (Å²) in [5.74, 6) is -0.849. The Labute approximate surface area is 103 Å². The predicted octanol–water partition coefficient (Wildman–Crippen LogP) is -1.89. The molecule has 12 heavy (non-hydrogen) atoms. The quantitative estimate of drug-likeness (QED) is 0.370. The third kappa shape index (κ3) is 6.16. The number of aliphatic hydroxyl groups is 3. The molecule has 0 bridgehead atoms. The minimum Gasteiger partial charge on any atom is -1.00 e. The standard InChI is InChI=1S/C6H12O5.Ca.2H/c1-4(9)6(10)11-5(2-7)3-8;;;/h4-5,7-9H,2-3H2,1H3;;;/q;+2;2*-1. The molecule has 0 aliphatic carbocycles. The topological polar surface area (TPSA) is 87.0 Å². The summed E-state index contributed by atoms with van der Waals surface area (Å²) >= 11 is 0. The van der Waals surface area contributed by atoms with Gasteiger partial charge in [0.15, 0.2) is 0 Å². The molecule has 70 valence electrons. The zero-order valence-electron chi connectivity index (χ0n) is 8.93. The molecule has 0 aromatic heterocycles. The third-order valence-corrected chi connectivity index (χ3v) is 1.03. The normalized spacial score (nSPS) is 12.1. The van der Waals surface area contributed by atoms with Crippen LogP contribution in [0.25, 0.3) is 0 Å². The summed E-state index contributed by atoms with van der Waals surface area (Å²) in [7, 11) is 0. The molecule has 1 atom stereocenters. The summed E-state index contributed by atoms with van der Waals surface area (Å²) in [5.41, 5.74) is 0. The molecule has 0 fully saturated rings. The molecule has 6 heteroatoms. The van der Waals surface area contributed by atoms with E-state index in [-0.39, 0.29) is 40.6 Å². The maximum Gasteiger partial charge on any atom is 2.00 e. The van der Waals surface area contributed by atoms with E-state index in [9.17, 15) is 4.79 Å². The van der Waals surface area contributed by atoms with Crippen LogP contribution in [0.15, 0.2) is 0 Å². The van der Waals surface area contributed by atoms with Crippen molar-refractivity contribution < 1.29 is 27.7 Å². The van der Waals surface area contributed by atoms with Crippen LogP contribution in [-0.4, -0.2) is 84.4 Å². The average molecular weight is 206 g/mol. The van der Waals surface area contributed by atoms with E-state index in [1.807, 2.05) is 0 Å². The SMILES string of the molecule is CC(O)C(=O)OC(CO)CO.[Ca+2].[H-].[H-]. The van der Waals surface area contributed by atoms with Gasteiger partial charge >= 0.3 is 43.7 Å². The van der Waals surface area contributed by atoms with Crippen molar-refractivity contribution in [2.24, 2.45) is 0 Å². The van der Waals surface area contributed by atoms with Crippen molar-refractivity contribution in [3.63, 3.8) is 0 Å². The van der Waals surface area contributed by atoms with Crippen molar-refractivity contribution in [3.05, 3.63) is 0 Å². The fourth-order valence-electron chi connectivity index (χ4n) is 0.395. The number of hydrogen-bond donors (Lipinski definition) is 3. The van der Waals surface area contributed by atoms with E-state index >= 15 is 0 Å². The first-order chi connectivity index (χ1) is 5.11. The van der Waals surface area contributed by atoms with Gasteiger partial charge in [-0.15, -0.1) is 0 Å². The van der Waals surface area contributed by atoms with Crippen molar-refractivity contribution in [1.29, 1.82) is 0 Å². The molecule has 0 heterocycles. The molecular formula is C6H14CaO5. The van der Waals surface area contributed by atoms with E-state index < -0.39 is 31.4 Å². The van der Waals surface area contributed by atoms with Gasteiger partial charge in [-0.3, -0.25) is 0 Å². The Kier molecular flexibility index (Phi) is 10.3. The molecule has 5 nitrogen and oxygen atoms in total. The molecule has 3 N–H and O–H groups in total. The van der Waals surface area contributed by atoms with Crippen molar-refractivity contribution in [2.45, 2.75) is 19.1 Å². The van der Waals surface area contributed by atoms with Gasteiger partial charge in [-0.25, -0.2) is 4.79 Å². The van der Waals surface area contributed by atoms with E-state index in [1.54, 1.807) is 0 Å². The van der Waals surface area contributed by atoms with Crippen LogP contribution < -0.4 is 0 Å². The van der Waals surface area contributed by atoms with Gasteiger partial charge in [0, 0.05) is 0 Å². The average Bonchev–Trinajstić information content (AvgIpc) is 1.99. The molecular weight excluding hydrogens is 192 g/mol. The Balaban J connectivity index is -0.000000167. The van der Waals surface area contributed by atoms with Crippen LogP contribution in [0.3, 0.4) is 0 Å². The number of rotatable bonds is 4. The monoisotopic (exact) mass is 206 g/mol. The van der Waals surface area contributed by atoms with E-state index in [2.05, 4.69) is 4.74 Å². The van der Waals surface area contributed by atoms with Crippen LogP contribution in [0, 0.1) is 0 Å². The van der Waals surface area contributed by atoms with E-state index in [0.717, 1.165) is 0 Å². The van der Waals surface area contributed by atoms with Crippen molar-refractivity contribution in [1.82, 2.24) is 0 Å². The van der Waals surface area contributed by atoms with Crippen LogP contribution in [0.1, 0.15) is 9.78 Å². The van der Waals surface area contributed by atoms with E-state index in [4.69, 9.17) is 15.3 Å². The van der Waals surface area contributed by atoms with Gasteiger partial charge in [-0.05, 0) is 6.92 Å². The Morgan fingerprint density at radius 3 is 2.17 bits per heavy atom. The first-order valence-corrected chi connectivity index (χ1v) is 3.22. The molecule has 0 radical (unpaired) electrons. The van der Waals surface area contributed by atoms with Crippen molar-refractivity contribution >= 4 is 43.7 Å². The van der Waals surface area contributed by atoms with E-state index in [1.165, 1.54) is 6.92 Å². The Bertz CT molecular complexity index is 131. The molecule has 0 rings (SSSR count). The molecule has 0 aliphatic rings. The number of esters is 1. The first kappa shape index (κ1) is 15.1. The van der Waals surface area contributed by atoms with Crippen LogP contribution in [-0.2, 0) is 9.53 Å². The molecule has 1 unspecified atom stereocenters. The van der Waals surface area contributed by atoms with Gasteiger partial charge < -0.3 is 22.9 Å². The van der Waals surface area contributed by atoms with Crippen LogP contribution in [0.4, 0.5) is 0 Å². The Morgan fingerprint density at radius 1 is 1.50 bits per heavy atom. The molecule has 0 aliphatic heterocycles. The molecule has 0 aromatic carbocycles. The molecule has 0 aromatic rings. The maximum atomic E-state index is 10.6. The molecule has 0 saturated carbocycles. The Hall–Kier alpha value is 0.610. The summed E-state index contributed by atoms with van der Waals surface area (Å²) in [6.07, 6.45) is -2.16. The third-order valence-electron chi connectivity index (χ3n) is 1.03. The predicted molar refractivity (Wildman–Crippen MR) is 43.7 cm³/mol. The van der Waals surface area contributed by atoms with Gasteiger partial charge in [-0.2, -0.15) is 0 Å². The van der Waals surface area contributed by atoms with Crippen molar-refractivity contribution in [2.75, 3.05) is 13.2 Å². The fraction of sp³-hybridized carbons (Fsp3) is 0.833. The van der Waals surface area contributed by atoms with Gasteiger partial charge in [0.25, 0.3) is 0 Å². The largest absolute Gasteiger partial charge is 2.00 e. The molecule has 0 spiro atoms. The van der Waals surface area contributed by atoms with Crippen molar-refractivity contribution in [3.8, 4) is 0 Å². The molecule has 0 saturated heterocycles. The summed E-state index contributed by atoms with van der Waals surface area (Å²) in [6, 6.07) is 0. The number of carbonyl (C=O) groups is 1. The summed E-state index contributed by atoms with van der Waals surface area (Å²) in [6.45, 7) is 0.345. The summed E-state index contributed by atoms with van der Waals surface area (Å²) < 4.78 is 4.42. The zero-order valence-corrected chi connectivity index (χ0v) is 9.14. The maximum absolute atomic E-state index is 10.6. The number of carbonyl (C=O) groups excluding carboxylic acids is 1. The van der Waals surface area contributed by atoms with Gasteiger partial charge in [0.1, 0.15) is 12.2 Å². The van der Waals surface area contributed by atoms with Crippen LogP contribution in [0.5, 0.6) is 0 Å². The number of ether oxygens (including phenoxy) is 1. The smallest absolute Gasteiger partial charge is 1.00 e. The Morgan fingerprint density at radius 2 is 1.92 bits per heavy atom. The summed E-state index contributed by atoms with van der Waals surface area (Å²) in [5, 5.41) is 25.5. The fourth-order valence-corrected chi connectivity index (χ4v) is 0.395. The van der Waals surface area contributed by atoms with Crippen LogP contribution in [0.2, 0.25) is 0 Å². The van der Waals surface area contributed by atoms with E-state index in [0.29, 0.717) is 0 Å².